The number of rotatable bonds is 6. The molecule has 0 saturated carbocycles. The van der Waals surface area contributed by atoms with E-state index < -0.39 is 5.54 Å². The van der Waals surface area contributed by atoms with Crippen molar-refractivity contribution in [2.24, 2.45) is 5.73 Å². The molecule has 0 spiro atoms. The number of nitrogens with one attached hydrogen (secondary N) is 1. The molecule has 1 aromatic carbocycles. The first kappa shape index (κ1) is 15.8. The Morgan fingerprint density at radius 3 is 2.74 bits per heavy atom. The van der Waals surface area contributed by atoms with Crippen molar-refractivity contribution in [1.29, 1.82) is 0 Å². The summed E-state index contributed by atoms with van der Waals surface area (Å²) < 4.78 is 5.07. The van der Waals surface area contributed by atoms with E-state index in [0.717, 1.165) is 12.0 Å². The van der Waals surface area contributed by atoms with Crippen LogP contribution in [0.1, 0.15) is 32.3 Å². The Bertz CT molecular complexity index is 447. The zero-order valence-corrected chi connectivity index (χ0v) is 12.4. The number of carbonyl (C=O) groups excluding carboxylic acids is 1. The number of ether oxygens (including phenoxy) is 1. The summed E-state index contributed by atoms with van der Waals surface area (Å²) in [6.45, 7) is 4.15. The van der Waals surface area contributed by atoms with E-state index in [2.05, 4.69) is 5.32 Å². The summed E-state index contributed by atoms with van der Waals surface area (Å²) in [5.41, 5.74) is 6.03. The van der Waals surface area contributed by atoms with Crippen molar-refractivity contribution < 1.29 is 9.53 Å². The number of halogens is 1. The second-order valence-corrected chi connectivity index (χ2v) is 5.23. The van der Waals surface area contributed by atoms with Crippen LogP contribution >= 0.6 is 11.6 Å². The number of hydrogen-bond acceptors (Lipinski definition) is 3. The summed E-state index contributed by atoms with van der Waals surface area (Å²) in [7, 11) is 1.56. The summed E-state index contributed by atoms with van der Waals surface area (Å²) >= 11 is 6.02. The van der Waals surface area contributed by atoms with E-state index in [-0.39, 0.29) is 5.91 Å². The van der Waals surface area contributed by atoms with Crippen molar-refractivity contribution in [3.63, 3.8) is 0 Å². The van der Waals surface area contributed by atoms with Gasteiger partial charge in [-0.25, -0.2) is 0 Å². The van der Waals surface area contributed by atoms with E-state index in [9.17, 15) is 4.79 Å². The van der Waals surface area contributed by atoms with Gasteiger partial charge < -0.3 is 15.8 Å². The number of nitrogens with two attached hydrogens (primary N) is 1. The third-order valence-electron chi connectivity index (χ3n) is 2.96. The van der Waals surface area contributed by atoms with Crippen LogP contribution in [0.3, 0.4) is 0 Å². The first-order valence-electron chi connectivity index (χ1n) is 6.30. The van der Waals surface area contributed by atoms with Gasteiger partial charge in [0.25, 0.3) is 0 Å². The van der Waals surface area contributed by atoms with E-state index in [1.165, 1.54) is 0 Å². The maximum atomic E-state index is 11.9. The Morgan fingerprint density at radius 1 is 1.53 bits per heavy atom. The highest BCUT2D eigenvalue weighted by Gasteiger charge is 2.26. The van der Waals surface area contributed by atoms with Crippen molar-refractivity contribution >= 4 is 17.5 Å². The molecule has 5 heteroatoms. The summed E-state index contributed by atoms with van der Waals surface area (Å²) in [4.78, 5) is 11.9. The fourth-order valence-corrected chi connectivity index (χ4v) is 2.12. The Morgan fingerprint density at radius 2 is 2.21 bits per heavy atom. The highest BCUT2D eigenvalue weighted by Crippen LogP contribution is 2.24. The van der Waals surface area contributed by atoms with Gasteiger partial charge in [0.1, 0.15) is 5.75 Å². The molecule has 0 aromatic heterocycles. The lowest BCUT2D eigenvalue weighted by Crippen LogP contribution is -2.51. The first-order chi connectivity index (χ1) is 8.90. The van der Waals surface area contributed by atoms with Crippen LogP contribution in [0.2, 0.25) is 5.02 Å². The van der Waals surface area contributed by atoms with Crippen LogP contribution in [0.5, 0.6) is 5.75 Å². The predicted molar refractivity (Wildman–Crippen MR) is 77.4 cm³/mol. The van der Waals surface area contributed by atoms with Crippen molar-refractivity contribution in [2.75, 3.05) is 7.11 Å². The summed E-state index contributed by atoms with van der Waals surface area (Å²) in [5.74, 6) is 0.465. The zero-order chi connectivity index (χ0) is 14.5. The quantitative estimate of drug-likeness (QED) is 0.843. The Balaban J connectivity index is 2.62. The van der Waals surface area contributed by atoms with Gasteiger partial charge in [-0.3, -0.25) is 4.79 Å². The molecule has 4 nitrogen and oxygen atoms in total. The molecule has 0 heterocycles. The van der Waals surface area contributed by atoms with Gasteiger partial charge in [-0.15, -0.1) is 0 Å². The fraction of sp³-hybridized carbons (Fsp3) is 0.500. The molecule has 1 unspecified atom stereocenters. The van der Waals surface area contributed by atoms with E-state index in [4.69, 9.17) is 22.1 Å². The average molecular weight is 285 g/mol. The van der Waals surface area contributed by atoms with Crippen LogP contribution in [0.25, 0.3) is 0 Å². The number of hydrogen-bond donors (Lipinski definition) is 2. The molecule has 1 rings (SSSR count). The summed E-state index contributed by atoms with van der Waals surface area (Å²) in [5, 5.41) is 3.35. The Kier molecular flexibility index (Phi) is 5.63. The van der Waals surface area contributed by atoms with Crippen LogP contribution in [-0.4, -0.2) is 18.6 Å². The largest absolute Gasteiger partial charge is 0.495 e. The molecule has 0 aliphatic rings. The van der Waals surface area contributed by atoms with Crippen LogP contribution in [0, 0.1) is 0 Å². The molecule has 0 saturated heterocycles. The number of amides is 1. The molecule has 1 amide bonds. The minimum Gasteiger partial charge on any atom is -0.495 e. The molecule has 1 atom stereocenters. The van der Waals surface area contributed by atoms with Crippen molar-refractivity contribution in [2.45, 2.75) is 38.8 Å². The summed E-state index contributed by atoms with van der Waals surface area (Å²) in [6.07, 6.45) is 1.52. The first-order valence-corrected chi connectivity index (χ1v) is 6.68. The lowest BCUT2D eigenvalue weighted by atomic mass is 9.96. The van der Waals surface area contributed by atoms with Crippen molar-refractivity contribution in [1.82, 2.24) is 5.32 Å². The third-order valence-corrected chi connectivity index (χ3v) is 3.25. The minimum absolute atomic E-state index is 0.152. The Labute approximate surface area is 119 Å². The zero-order valence-electron chi connectivity index (χ0n) is 11.6. The molecule has 0 fully saturated rings. The van der Waals surface area contributed by atoms with Crippen LogP contribution < -0.4 is 15.8 Å². The molecule has 1 aromatic rings. The van der Waals surface area contributed by atoms with Gasteiger partial charge in [0.15, 0.2) is 0 Å². The van der Waals surface area contributed by atoms with Gasteiger partial charge in [-0.1, -0.05) is 31.0 Å². The molecule has 0 aliphatic carbocycles. The van der Waals surface area contributed by atoms with E-state index >= 15 is 0 Å². The van der Waals surface area contributed by atoms with Crippen LogP contribution in [0.15, 0.2) is 18.2 Å². The number of carbonyl (C=O) groups is 1. The van der Waals surface area contributed by atoms with E-state index in [1.807, 2.05) is 13.0 Å². The molecule has 106 valence electrons. The highest BCUT2D eigenvalue weighted by molar-refractivity contribution is 6.32. The molecule has 0 aliphatic heterocycles. The van der Waals surface area contributed by atoms with Gasteiger partial charge in [0, 0.05) is 6.54 Å². The molecule has 0 radical (unpaired) electrons. The molecular formula is C14H21ClN2O2. The second-order valence-electron chi connectivity index (χ2n) is 4.82. The maximum Gasteiger partial charge on any atom is 0.240 e. The topological polar surface area (TPSA) is 64.4 Å². The monoisotopic (exact) mass is 284 g/mol. The molecule has 19 heavy (non-hydrogen) atoms. The molecule has 0 bridgehead atoms. The van der Waals surface area contributed by atoms with Gasteiger partial charge in [-0.05, 0) is 31.0 Å². The average Bonchev–Trinajstić information content (AvgIpc) is 2.36. The molecular weight excluding hydrogens is 264 g/mol. The van der Waals surface area contributed by atoms with Gasteiger partial charge in [-0.2, -0.15) is 0 Å². The highest BCUT2D eigenvalue weighted by atomic mass is 35.5. The minimum atomic E-state index is -0.828. The number of methoxy groups -OCH3 is 1. The third kappa shape index (κ3) is 4.40. The SMILES string of the molecule is CCCC(C)(N)C(=O)NCc1ccc(OC)c(Cl)c1. The normalized spacial score (nSPS) is 13.7. The van der Waals surface area contributed by atoms with Crippen LogP contribution in [0.4, 0.5) is 0 Å². The van der Waals surface area contributed by atoms with Crippen molar-refractivity contribution in [3.8, 4) is 5.75 Å². The van der Waals surface area contributed by atoms with Crippen LogP contribution in [-0.2, 0) is 11.3 Å². The second kappa shape index (κ2) is 6.78. The number of benzene rings is 1. The van der Waals surface area contributed by atoms with Gasteiger partial charge >= 0.3 is 0 Å². The fourth-order valence-electron chi connectivity index (χ4n) is 1.84. The maximum absolute atomic E-state index is 11.9. The van der Waals surface area contributed by atoms with Crippen molar-refractivity contribution in [3.05, 3.63) is 28.8 Å². The predicted octanol–water partition coefficient (Wildman–Crippen LogP) is 2.48. The smallest absolute Gasteiger partial charge is 0.240 e. The lowest BCUT2D eigenvalue weighted by Gasteiger charge is -2.22. The molecule has 3 N–H and O–H groups in total. The Hall–Kier alpha value is -1.26. The van der Waals surface area contributed by atoms with Gasteiger partial charge in [0.2, 0.25) is 5.91 Å². The van der Waals surface area contributed by atoms with E-state index in [0.29, 0.717) is 23.7 Å². The summed E-state index contributed by atoms with van der Waals surface area (Å²) in [6, 6.07) is 5.41. The van der Waals surface area contributed by atoms with Gasteiger partial charge in [0.05, 0.1) is 17.7 Å². The standard InChI is InChI=1S/C14H21ClN2O2/c1-4-7-14(2,16)13(18)17-9-10-5-6-12(19-3)11(15)8-10/h5-6,8H,4,7,9,16H2,1-3H3,(H,17,18). The van der Waals surface area contributed by atoms with E-state index in [1.54, 1.807) is 26.2 Å². The lowest BCUT2D eigenvalue weighted by molar-refractivity contribution is -0.126.